The third kappa shape index (κ3) is 4.84. The molecular weight excluding hydrogens is 408 g/mol. The smallest absolute Gasteiger partial charge is 0.333 e. The number of benzene rings is 1. The van der Waals surface area contributed by atoms with E-state index in [0.717, 1.165) is 19.3 Å². The molecule has 2 aliphatic carbocycles. The number of aryl methyl sites for hydroxylation is 1. The quantitative estimate of drug-likeness (QED) is 0.562. The van der Waals surface area contributed by atoms with Crippen LogP contribution in [0.3, 0.4) is 0 Å². The van der Waals surface area contributed by atoms with E-state index in [1.165, 1.54) is 17.5 Å². The number of aliphatic hydroxyl groups is 2. The number of fused-ring (bicyclic) bond motifs is 1. The highest BCUT2D eigenvalue weighted by atomic mass is 32.2. The van der Waals surface area contributed by atoms with Crippen LogP contribution >= 0.6 is 0 Å². The molecule has 1 heterocycles. The van der Waals surface area contributed by atoms with Crippen molar-refractivity contribution < 1.29 is 22.8 Å². The van der Waals surface area contributed by atoms with Gasteiger partial charge in [0, 0.05) is 18.8 Å². The Bertz CT molecular complexity index is 1000. The monoisotopic (exact) mass is 434 g/mol. The lowest BCUT2D eigenvalue weighted by Gasteiger charge is -2.16. The van der Waals surface area contributed by atoms with Crippen molar-refractivity contribution in [2.75, 3.05) is 6.61 Å². The summed E-state index contributed by atoms with van der Waals surface area (Å²) < 4.78 is 26.6. The lowest BCUT2D eigenvalue weighted by Crippen LogP contribution is -2.31. The molecule has 0 amide bonds. The van der Waals surface area contributed by atoms with E-state index in [1.54, 1.807) is 0 Å². The largest absolute Gasteiger partial charge is 0.390 e. The van der Waals surface area contributed by atoms with Gasteiger partial charge in [-0.1, -0.05) is 24.3 Å². The Hall–Kier alpha value is -1.98. The lowest BCUT2D eigenvalue weighted by atomic mass is 9.97. The maximum atomic E-state index is 11.0. The van der Waals surface area contributed by atoms with Crippen molar-refractivity contribution in [1.82, 2.24) is 15.0 Å². The fourth-order valence-corrected chi connectivity index (χ4v) is 5.02. The second-order valence-electron chi connectivity index (χ2n) is 8.17. The Morgan fingerprint density at radius 1 is 1.07 bits per heavy atom. The molecule has 10 heteroatoms. The molecule has 0 radical (unpaired) electrons. The molecule has 0 spiro atoms. The van der Waals surface area contributed by atoms with Crippen molar-refractivity contribution in [1.29, 1.82) is 0 Å². The number of aromatic nitrogens is 3. The van der Waals surface area contributed by atoms with Gasteiger partial charge in [-0.3, -0.25) is 4.18 Å². The number of hydrogen-bond acceptors (Lipinski definition) is 8. The molecule has 162 valence electrons. The molecule has 2 aliphatic rings. The highest BCUT2D eigenvalue weighted by molar-refractivity contribution is 7.84. The highest BCUT2D eigenvalue weighted by Gasteiger charge is 2.42. The molecule has 1 saturated carbocycles. The Morgan fingerprint density at radius 2 is 1.77 bits per heavy atom. The van der Waals surface area contributed by atoms with E-state index in [4.69, 9.17) is 5.14 Å². The van der Waals surface area contributed by atoms with Gasteiger partial charge in [0.25, 0.3) is 0 Å². The van der Waals surface area contributed by atoms with Gasteiger partial charge in [0.2, 0.25) is 0 Å². The fourth-order valence-electron chi connectivity index (χ4n) is 4.66. The average molecular weight is 435 g/mol. The Labute approximate surface area is 175 Å². The molecular formula is C20H26N4O5S. The standard InChI is InChI=1S/C20H26N4O5S/c21-30(27,28)29-10-15-7-14(19(25)20(15)26)9-18-23-11-22-17(24-18)8-13-6-5-12-3-1-2-4-16(12)13/h1-4,11,13-15,19-20,25-26H,5-10H2,(H2,21,27,28)/t13?,14-,15+,19-,20+/m0/s1. The summed E-state index contributed by atoms with van der Waals surface area (Å²) >= 11 is 0. The number of aliphatic hydroxyl groups excluding tert-OH is 2. The lowest BCUT2D eigenvalue weighted by molar-refractivity contribution is -0.00345. The molecule has 2 aromatic rings. The van der Waals surface area contributed by atoms with Gasteiger partial charge >= 0.3 is 10.3 Å². The fraction of sp³-hybridized carbons (Fsp3) is 0.550. The van der Waals surface area contributed by atoms with Crippen molar-refractivity contribution in [2.24, 2.45) is 17.0 Å². The molecule has 1 aromatic heterocycles. The summed E-state index contributed by atoms with van der Waals surface area (Å²) in [6, 6.07) is 8.44. The predicted molar refractivity (Wildman–Crippen MR) is 107 cm³/mol. The van der Waals surface area contributed by atoms with Crippen molar-refractivity contribution in [3.8, 4) is 0 Å². The first-order valence-corrected chi connectivity index (χ1v) is 11.5. The summed E-state index contributed by atoms with van der Waals surface area (Å²) in [6.07, 6.45) is 2.99. The van der Waals surface area contributed by atoms with Gasteiger partial charge < -0.3 is 10.2 Å². The maximum absolute atomic E-state index is 11.0. The van der Waals surface area contributed by atoms with Crippen LogP contribution < -0.4 is 5.14 Å². The van der Waals surface area contributed by atoms with Gasteiger partial charge in [-0.15, -0.1) is 0 Å². The Morgan fingerprint density at radius 3 is 2.53 bits per heavy atom. The van der Waals surface area contributed by atoms with E-state index in [9.17, 15) is 18.6 Å². The molecule has 5 atom stereocenters. The molecule has 0 aliphatic heterocycles. The summed E-state index contributed by atoms with van der Waals surface area (Å²) in [4.78, 5) is 13.1. The third-order valence-electron chi connectivity index (χ3n) is 6.17. The third-order valence-corrected chi connectivity index (χ3v) is 6.63. The van der Waals surface area contributed by atoms with E-state index in [2.05, 4.69) is 43.4 Å². The molecule has 0 bridgehead atoms. The van der Waals surface area contributed by atoms with Gasteiger partial charge in [0.15, 0.2) is 0 Å². The summed E-state index contributed by atoms with van der Waals surface area (Å²) in [5.41, 5.74) is 2.74. The number of nitrogens with two attached hydrogens (primary N) is 1. The van der Waals surface area contributed by atoms with Crippen molar-refractivity contribution in [3.63, 3.8) is 0 Å². The minimum Gasteiger partial charge on any atom is -0.390 e. The van der Waals surface area contributed by atoms with E-state index >= 15 is 0 Å². The van der Waals surface area contributed by atoms with Crippen LogP contribution in [0.5, 0.6) is 0 Å². The second-order valence-corrected chi connectivity index (χ2v) is 9.40. The summed E-state index contributed by atoms with van der Waals surface area (Å²) in [7, 11) is -4.09. The first-order chi connectivity index (χ1) is 14.3. The Kier molecular flexibility index (Phi) is 6.12. The maximum Gasteiger partial charge on any atom is 0.333 e. The van der Waals surface area contributed by atoms with Gasteiger partial charge in [0.1, 0.15) is 18.0 Å². The molecule has 1 aromatic carbocycles. The highest BCUT2D eigenvalue weighted by Crippen LogP contribution is 2.36. The van der Waals surface area contributed by atoms with Crippen LogP contribution in [0.25, 0.3) is 0 Å². The van der Waals surface area contributed by atoms with E-state index in [0.29, 0.717) is 30.4 Å². The second kappa shape index (κ2) is 8.64. The van der Waals surface area contributed by atoms with Crippen molar-refractivity contribution in [2.45, 2.75) is 50.2 Å². The van der Waals surface area contributed by atoms with Crippen LogP contribution in [-0.2, 0) is 33.7 Å². The molecule has 30 heavy (non-hydrogen) atoms. The van der Waals surface area contributed by atoms with Gasteiger partial charge in [-0.25, -0.2) is 20.1 Å². The topological polar surface area (TPSA) is 149 Å². The van der Waals surface area contributed by atoms with Crippen LogP contribution in [-0.4, -0.2) is 52.4 Å². The van der Waals surface area contributed by atoms with Gasteiger partial charge in [0.05, 0.1) is 18.8 Å². The zero-order chi connectivity index (χ0) is 21.3. The zero-order valence-electron chi connectivity index (χ0n) is 16.5. The summed E-state index contributed by atoms with van der Waals surface area (Å²) in [5, 5.41) is 25.4. The molecule has 1 unspecified atom stereocenters. The summed E-state index contributed by atoms with van der Waals surface area (Å²) in [6.45, 7) is -0.267. The summed E-state index contributed by atoms with van der Waals surface area (Å²) in [5.74, 6) is 0.811. The molecule has 1 fully saturated rings. The molecule has 0 saturated heterocycles. The molecule has 4 rings (SSSR count). The van der Waals surface area contributed by atoms with Crippen molar-refractivity contribution in [3.05, 3.63) is 53.4 Å². The van der Waals surface area contributed by atoms with Crippen LogP contribution in [0.1, 0.15) is 41.5 Å². The first-order valence-electron chi connectivity index (χ1n) is 10.1. The normalized spacial score (nSPS) is 28.6. The van der Waals surface area contributed by atoms with Gasteiger partial charge in [-0.05, 0) is 42.2 Å². The van der Waals surface area contributed by atoms with Crippen LogP contribution in [0.4, 0.5) is 0 Å². The number of nitrogens with zero attached hydrogens (tertiary/aromatic N) is 3. The van der Waals surface area contributed by atoms with E-state index < -0.39 is 28.4 Å². The average Bonchev–Trinajstić information content (AvgIpc) is 3.23. The van der Waals surface area contributed by atoms with Gasteiger partial charge in [-0.2, -0.15) is 8.42 Å². The van der Waals surface area contributed by atoms with E-state index in [-0.39, 0.29) is 12.5 Å². The zero-order valence-corrected chi connectivity index (χ0v) is 17.3. The van der Waals surface area contributed by atoms with Crippen LogP contribution in [0.2, 0.25) is 0 Å². The number of hydrogen-bond donors (Lipinski definition) is 3. The minimum atomic E-state index is -4.09. The number of rotatable bonds is 7. The minimum absolute atomic E-state index is 0.267. The van der Waals surface area contributed by atoms with Crippen LogP contribution in [0.15, 0.2) is 30.6 Å². The predicted octanol–water partition coefficient (Wildman–Crippen LogP) is 0.265. The van der Waals surface area contributed by atoms with Crippen LogP contribution in [0, 0.1) is 11.8 Å². The molecule has 4 N–H and O–H groups in total. The van der Waals surface area contributed by atoms with Crippen molar-refractivity contribution >= 4 is 10.3 Å². The molecule has 9 nitrogen and oxygen atoms in total. The SMILES string of the molecule is NS(=O)(=O)OC[C@H]1C[C@@H](Cc2ncnc(CC3CCc4ccccc43)n2)[C@H](O)[C@@H]1O. The Balaban J connectivity index is 1.40. The van der Waals surface area contributed by atoms with E-state index in [1.807, 2.05) is 0 Å². The first kappa shape index (κ1) is 21.3.